The largest absolute Gasteiger partial charge is 0.351 e. The van der Waals surface area contributed by atoms with Crippen molar-refractivity contribution in [1.29, 1.82) is 0 Å². The number of rotatable bonds is 7. The first-order valence-electron chi connectivity index (χ1n) is 7.69. The predicted molar refractivity (Wildman–Crippen MR) is 99.2 cm³/mol. The Morgan fingerprint density at radius 3 is 2.60 bits per heavy atom. The Morgan fingerprint density at radius 1 is 1.20 bits per heavy atom. The number of amides is 1. The van der Waals surface area contributed by atoms with Gasteiger partial charge in [0.25, 0.3) is 5.91 Å². The fourth-order valence-electron chi connectivity index (χ4n) is 2.21. The third-order valence-corrected chi connectivity index (χ3v) is 5.75. The quantitative estimate of drug-likeness (QED) is 0.748. The monoisotopic (exact) mass is 381 g/mol. The van der Waals surface area contributed by atoms with Gasteiger partial charge in [-0.05, 0) is 36.2 Å². The van der Waals surface area contributed by atoms with E-state index in [2.05, 4.69) is 5.32 Å². The van der Waals surface area contributed by atoms with Gasteiger partial charge in [-0.1, -0.05) is 24.3 Å². The molecule has 2 rings (SSSR count). The summed E-state index contributed by atoms with van der Waals surface area (Å²) in [6.45, 7) is 2.17. The molecule has 0 radical (unpaired) electrons. The molecule has 2 aromatic carbocycles. The zero-order valence-electron chi connectivity index (χ0n) is 14.1. The van der Waals surface area contributed by atoms with Gasteiger partial charge < -0.3 is 5.32 Å². The van der Waals surface area contributed by atoms with Crippen LogP contribution in [0.2, 0.25) is 0 Å². The number of carbonyl (C=O) groups excluding carboxylic acids is 1. The first-order chi connectivity index (χ1) is 11.8. The minimum atomic E-state index is -3.36. The van der Waals surface area contributed by atoms with Crippen molar-refractivity contribution < 1.29 is 17.6 Å². The van der Waals surface area contributed by atoms with E-state index in [0.717, 1.165) is 6.26 Å². The second-order valence-corrected chi connectivity index (χ2v) is 8.77. The van der Waals surface area contributed by atoms with Gasteiger partial charge in [0.05, 0.1) is 4.90 Å². The Balaban J connectivity index is 1.87. The van der Waals surface area contributed by atoms with Crippen molar-refractivity contribution in [2.75, 3.05) is 18.6 Å². The molecule has 0 saturated heterocycles. The summed E-state index contributed by atoms with van der Waals surface area (Å²) in [5.74, 6) is 0.623. The second kappa shape index (κ2) is 8.49. The van der Waals surface area contributed by atoms with Gasteiger partial charge in [0, 0.05) is 29.9 Å². The highest BCUT2D eigenvalue weighted by Crippen LogP contribution is 2.16. The van der Waals surface area contributed by atoms with Crippen LogP contribution in [0.25, 0.3) is 0 Å². The molecule has 7 heteroatoms. The molecule has 0 atom stereocenters. The number of sulfone groups is 1. The molecule has 0 unspecified atom stereocenters. The van der Waals surface area contributed by atoms with Crippen molar-refractivity contribution in [2.45, 2.75) is 17.6 Å². The summed E-state index contributed by atoms with van der Waals surface area (Å²) >= 11 is 1.52. The standard InChI is InChI=1S/C18H20FNO3S2/c1-13-7-8-15(25(2,22)23)11-16(13)18(21)20-9-10-24-12-14-5-3-4-6-17(14)19/h3-8,11H,9-10,12H2,1-2H3,(H,20,21). The smallest absolute Gasteiger partial charge is 0.251 e. The van der Waals surface area contributed by atoms with Crippen molar-refractivity contribution >= 4 is 27.5 Å². The van der Waals surface area contributed by atoms with Crippen LogP contribution in [0.1, 0.15) is 21.5 Å². The van der Waals surface area contributed by atoms with Gasteiger partial charge in [0.15, 0.2) is 9.84 Å². The fraction of sp³-hybridized carbons (Fsp3) is 0.278. The van der Waals surface area contributed by atoms with Crippen LogP contribution < -0.4 is 5.32 Å². The number of benzene rings is 2. The molecule has 1 N–H and O–H groups in total. The Bertz CT molecular complexity index is 866. The predicted octanol–water partition coefficient (Wildman–Crippen LogP) is 3.20. The van der Waals surface area contributed by atoms with Crippen molar-refractivity contribution in [1.82, 2.24) is 5.32 Å². The SMILES string of the molecule is Cc1ccc(S(C)(=O)=O)cc1C(=O)NCCSCc1ccccc1F. The van der Waals surface area contributed by atoms with Gasteiger partial charge in [-0.2, -0.15) is 11.8 Å². The van der Waals surface area contributed by atoms with Gasteiger partial charge in [0.1, 0.15) is 5.82 Å². The van der Waals surface area contributed by atoms with E-state index in [1.54, 1.807) is 31.2 Å². The van der Waals surface area contributed by atoms with Crippen LogP contribution in [0.5, 0.6) is 0 Å². The average Bonchev–Trinajstić information content (AvgIpc) is 2.55. The lowest BCUT2D eigenvalue weighted by atomic mass is 10.1. The van der Waals surface area contributed by atoms with Crippen LogP contribution in [0.4, 0.5) is 4.39 Å². The number of carbonyl (C=O) groups is 1. The lowest BCUT2D eigenvalue weighted by Gasteiger charge is -2.09. The molecule has 2 aromatic rings. The summed E-state index contributed by atoms with van der Waals surface area (Å²) in [4.78, 5) is 12.4. The molecule has 134 valence electrons. The van der Waals surface area contributed by atoms with Crippen LogP contribution >= 0.6 is 11.8 Å². The summed E-state index contributed by atoms with van der Waals surface area (Å²) in [7, 11) is -3.36. The van der Waals surface area contributed by atoms with Crippen LogP contribution in [0, 0.1) is 12.7 Å². The summed E-state index contributed by atoms with van der Waals surface area (Å²) in [6, 6.07) is 11.1. The molecule has 0 aromatic heterocycles. The van der Waals surface area contributed by atoms with E-state index in [0.29, 0.717) is 34.7 Å². The summed E-state index contributed by atoms with van der Waals surface area (Å²) < 4.78 is 36.7. The maximum atomic E-state index is 13.5. The van der Waals surface area contributed by atoms with Gasteiger partial charge in [0.2, 0.25) is 0 Å². The minimum Gasteiger partial charge on any atom is -0.351 e. The molecule has 0 aliphatic heterocycles. The third kappa shape index (κ3) is 5.57. The van der Waals surface area contributed by atoms with Crippen LogP contribution in [0.15, 0.2) is 47.4 Å². The van der Waals surface area contributed by atoms with Crippen molar-refractivity contribution in [3.63, 3.8) is 0 Å². The van der Waals surface area contributed by atoms with Crippen molar-refractivity contribution in [3.05, 3.63) is 65.0 Å². The lowest BCUT2D eigenvalue weighted by molar-refractivity contribution is 0.0955. The Labute approximate surface area is 151 Å². The van der Waals surface area contributed by atoms with Crippen LogP contribution in [-0.4, -0.2) is 32.9 Å². The molecule has 25 heavy (non-hydrogen) atoms. The highest BCUT2D eigenvalue weighted by Gasteiger charge is 2.14. The van der Waals surface area contributed by atoms with Crippen LogP contribution in [0.3, 0.4) is 0 Å². The molecule has 0 fully saturated rings. The number of nitrogens with one attached hydrogen (secondary N) is 1. The Morgan fingerprint density at radius 2 is 1.92 bits per heavy atom. The molecule has 0 bridgehead atoms. The first kappa shape index (κ1) is 19.5. The van der Waals surface area contributed by atoms with E-state index in [-0.39, 0.29) is 16.6 Å². The molecule has 1 amide bonds. The molecular weight excluding hydrogens is 361 g/mol. The maximum absolute atomic E-state index is 13.5. The fourth-order valence-corrected chi connectivity index (χ4v) is 3.70. The Hall–Kier alpha value is -1.86. The van der Waals surface area contributed by atoms with E-state index < -0.39 is 9.84 Å². The van der Waals surface area contributed by atoms with Crippen LogP contribution in [-0.2, 0) is 15.6 Å². The number of hydrogen-bond donors (Lipinski definition) is 1. The third-order valence-electron chi connectivity index (χ3n) is 3.63. The first-order valence-corrected chi connectivity index (χ1v) is 10.7. The lowest BCUT2D eigenvalue weighted by Crippen LogP contribution is -2.26. The van der Waals surface area contributed by atoms with Crippen molar-refractivity contribution in [3.8, 4) is 0 Å². The molecule has 0 spiro atoms. The topological polar surface area (TPSA) is 63.2 Å². The Kier molecular flexibility index (Phi) is 6.61. The minimum absolute atomic E-state index is 0.122. The summed E-state index contributed by atoms with van der Waals surface area (Å²) in [6.07, 6.45) is 1.11. The van der Waals surface area contributed by atoms with Gasteiger partial charge in [-0.15, -0.1) is 0 Å². The number of hydrogen-bond acceptors (Lipinski definition) is 4. The van der Waals surface area contributed by atoms with Gasteiger partial charge in [-0.25, -0.2) is 12.8 Å². The number of aryl methyl sites for hydroxylation is 1. The highest BCUT2D eigenvalue weighted by atomic mass is 32.2. The molecule has 0 heterocycles. The zero-order valence-corrected chi connectivity index (χ0v) is 15.7. The number of halogens is 1. The van der Waals surface area contributed by atoms with Gasteiger partial charge >= 0.3 is 0 Å². The van der Waals surface area contributed by atoms with E-state index >= 15 is 0 Å². The highest BCUT2D eigenvalue weighted by molar-refractivity contribution is 7.98. The summed E-state index contributed by atoms with van der Waals surface area (Å²) in [5, 5.41) is 2.77. The molecule has 0 saturated carbocycles. The summed E-state index contributed by atoms with van der Waals surface area (Å²) in [5.41, 5.74) is 1.70. The van der Waals surface area contributed by atoms with E-state index in [4.69, 9.17) is 0 Å². The molecule has 0 aliphatic carbocycles. The molecular formula is C18H20FNO3S2. The van der Waals surface area contributed by atoms with E-state index in [1.807, 2.05) is 0 Å². The second-order valence-electron chi connectivity index (χ2n) is 5.65. The van der Waals surface area contributed by atoms with E-state index in [9.17, 15) is 17.6 Å². The number of thioether (sulfide) groups is 1. The normalized spacial score (nSPS) is 11.3. The molecule has 0 aliphatic rings. The zero-order chi connectivity index (χ0) is 18.4. The maximum Gasteiger partial charge on any atom is 0.251 e. The van der Waals surface area contributed by atoms with E-state index in [1.165, 1.54) is 30.0 Å². The van der Waals surface area contributed by atoms with Crippen molar-refractivity contribution in [2.24, 2.45) is 0 Å². The molecule has 4 nitrogen and oxygen atoms in total. The average molecular weight is 381 g/mol. The van der Waals surface area contributed by atoms with Gasteiger partial charge in [-0.3, -0.25) is 4.79 Å².